The lowest BCUT2D eigenvalue weighted by atomic mass is 10.1. The number of aliphatic imine (C=N–C) groups is 1. The first kappa shape index (κ1) is 7.32. The summed E-state index contributed by atoms with van der Waals surface area (Å²) >= 11 is 0. The summed E-state index contributed by atoms with van der Waals surface area (Å²) in [4.78, 5) is 6.23. The maximum absolute atomic E-state index is 4.00. The molecule has 1 aliphatic heterocycles. The molecule has 0 bridgehead atoms. The fraction of sp³-hybridized carbons (Fsp3) is 0.625. The third-order valence-electron chi connectivity index (χ3n) is 1.87. The molecule has 1 heterocycles. The molecule has 0 radical (unpaired) electrons. The van der Waals surface area contributed by atoms with Crippen molar-refractivity contribution in [2.75, 3.05) is 20.1 Å². The maximum atomic E-state index is 4.00. The van der Waals surface area contributed by atoms with Crippen molar-refractivity contribution in [1.82, 2.24) is 4.90 Å². The molecule has 1 aliphatic rings. The van der Waals surface area contributed by atoms with Gasteiger partial charge in [0.2, 0.25) is 0 Å². The van der Waals surface area contributed by atoms with Gasteiger partial charge in [-0.25, -0.2) is 0 Å². The van der Waals surface area contributed by atoms with Gasteiger partial charge < -0.3 is 9.89 Å². The lowest BCUT2D eigenvalue weighted by Gasteiger charge is -2.09. The van der Waals surface area contributed by atoms with Crippen molar-refractivity contribution in [3.05, 3.63) is 12.8 Å². The van der Waals surface area contributed by atoms with Crippen LogP contribution in [-0.2, 0) is 0 Å². The zero-order valence-electron chi connectivity index (χ0n) is 6.45. The highest BCUT2D eigenvalue weighted by Gasteiger charge is 2.16. The van der Waals surface area contributed by atoms with Crippen LogP contribution in [0.1, 0.15) is 6.42 Å². The van der Waals surface area contributed by atoms with Crippen LogP contribution in [0, 0.1) is 5.92 Å². The average Bonchev–Trinajstić information content (AvgIpc) is 2.37. The normalized spacial score (nSPS) is 26.1. The van der Waals surface area contributed by atoms with Crippen molar-refractivity contribution in [3.8, 4) is 0 Å². The quantitative estimate of drug-likeness (QED) is 0.523. The van der Waals surface area contributed by atoms with Gasteiger partial charge in [0.25, 0.3) is 0 Å². The molecule has 0 N–H and O–H groups in total. The van der Waals surface area contributed by atoms with Crippen molar-refractivity contribution in [2.24, 2.45) is 10.9 Å². The van der Waals surface area contributed by atoms with E-state index in [1.807, 2.05) is 19.5 Å². The zero-order chi connectivity index (χ0) is 7.40. The zero-order valence-corrected chi connectivity index (χ0v) is 6.45. The summed E-state index contributed by atoms with van der Waals surface area (Å²) in [6.07, 6.45) is 5.16. The van der Waals surface area contributed by atoms with Gasteiger partial charge in [-0.1, -0.05) is 6.58 Å². The highest BCUT2D eigenvalue weighted by Crippen LogP contribution is 2.13. The molecule has 2 nitrogen and oxygen atoms in total. The summed E-state index contributed by atoms with van der Waals surface area (Å²) in [7, 11) is 1.83. The molecule has 1 rings (SSSR count). The van der Waals surface area contributed by atoms with Crippen LogP contribution in [0.4, 0.5) is 0 Å². The fourth-order valence-corrected chi connectivity index (χ4v) is 1.31. The Morgan fingerprint density at radius 1 is 1.70 bits per heavy atom. The third kappa shape index (κ3) is 1.59. The van der Waals surface area contributed by atoms with E-state index >= 15 is 0 Å². The second-order valence-corrected chi connectivity index (χ2v) is 2.63. The molecule has 0 spiro atoms. The Morgan fingerprint density at radius 2 is 2.50 bits per heavy atom. The summed E-state index contributed by atoms with van der Waals surface area (Å²) in [6.45, 7) is 5.96. The standard InChI is InChI=1S/C8H14N2/c1-3-10-5-4-8(7-10)6-9-2/h3,6,8H,1,4-5,7H2,2H3. The van der Waals surface area contributed by atoms with Gasteiger partial charge in [0.1, 0.15) is 0 Å². The summed E-state index contributed by atoms with van der Waals surface area (Å²) < 4.78 is 0. The van der Waals surface area contributed by atoms with Gasteiger partial charge in [-0.2, -0.15) is 0 Å². The summed E-state index contributed by atoms with van der Waals surface area (Å²) in [5.74, 6) is 0.656. The van der Waals surface area contributed by atoms with E-state index in [9.17, 15) is 0 Å². The first-order valence-corrected chi connectivity index (χ1v) is 3.65. The molecule has 10 heavy (non-hydrogen) atoms. The van der Waals surface area contributed by atoms with Gasteiger partial charge in [-0.05, 0) is 12.6 Å². The third-order valence-corrected chi connectivity index (χ3v) is 1.87. The van der Waals surface area contributed by atoms with Crippen LogP contribution in [0.3, 0.4) is 0 Å². The van der Waals surface area contributed by atoms with E-state index < -0.39 is 0 Å². The summed E-state index contributed by atoms with van der Waals surface area (Å²) in [5.41, 5.74) is 0. The molecule has 0 amide bonds. The lowest BCUT2D eigenvalue weighted by molar-refractivity contribution is 0.462. The van der Waals surface area contributed by atoms with Gasteiger partial charge in [0.15, 0.2) is 0 Å². The van der Waals surface area contributed by atoms with Crippen LogP contribution < -0.4 is 0 Å². The topological polar surface area (TPSA) is 15.6 Å². The molecule has 1 unspecified atom stereocenters. The van der Waals surface area contributed by atoms with E-state index in [1.165, 1.54) is 6.42 Å². The molecule has 56 valence electrons. The second kappa shape index (κ2) is 3.40. The predicted octanol–water partition coefficient (Wildman–Crippen LogP) is 1.15. The first-order chi connectivity index (χ1) is 4.86. The fourth-order valence-electron chi connectivity index (χ4n) is 1.31. The van der Waals surface area contributed by atoms with Crippen LogP contribution in [0.5, 0.6) is 0 Å². The van der Waals surface area contributed by atoms with Crippen LogP contribution in [-0.4, -0.2) is 31.3 Å². The number of hydrogen-bond donors (Lipinski definition) is 0. The molecule has 1 saturated heterocycles. The van der Waals surface area contributed by atoms with Gasteiger partial charge in [0, 0.05) is 32.3 Å². The van der Waals surface area contributed by atoms with E-state index in [0.717, 1.165) is 13.1 Å². The Bertz CT molecular complexity index is 140. The van der Waals surface area contributed by atoms with Gasteiger partial charge in [-0.3, -0.25) is 0 Å². The molecule has 0 aromatic rings. The summed E-state index contributed by atoms with van der Waals surface area (Å²) in [5, 5.41) is 0. The van der Waals surface area contributed by atoms with Gasteiger partial charge in [0.05, 0.1) is 0 Å². The molecular formula is C8H14N2. The van der Waals surface area contributed by atoms with Crippen molar-refractivity contribution in [3.63, 3.8) is 0 Å². The van der Waals surface area contributed by atoms with Crippen molar-refractivity contribution in [2.45, 2.75) is 6.42 Å². The molecule has 0 aromatic heterocycles. The van der Waals surface area contributed by atoms with E-state index in [1.54, 1.807) is 0 Å². The van der Waals surface area contributed by atoms with Crippen molar-refractivity contribution >= 4 is 6.21 Å². The Hall–Kier alpha value is -0.790. The monoisotopic (exact) mass is 138 g/mol. The van der Waals surface area contributed by atoms with E-state index in [4.69, 9.17) is 0 Å². The largest absolute Gasteiger partial charge is 0.377 e. The van der Waals surface area contributed by atoms with Gasteiger partial charge >= 0.3 is 0 Å². The highest BCUT2D eigenvalue weighted by molar-refractivity contribution is 5.61. The van der Waals surface area contributed by atoms with Crippen molar-refractivity contribution in [1.29, 1.82) is 0 Å². The molecule has 0 saturated carbocycles. The molecule has 0 aliphatic carbocycles. The van der Waals surface area contributed by atoms with Crippen LogP contribution in [0.2, 0.25) is 0 Å². The Morgan fingerprint density at radius 3 is 3.00 bits per heavy atom. The van der Waals surface area contributed by atoms with Crippen LogP contribution in [0.25, 0.3) is 0 Å². The molecule has 1 fully saturated rings. The Kier molecular flexibility index (Phi) is 2.49. The molecule has 1 atom stereocenters. The number of rotatable bonds is 2. The first-order valence-electron chi connectivity index (χ1n) is 3.65. The minimum absolute atomic E-state index is 0.656. The minimum Gasteiger partial charge on any atom is -0.377 e. The van der Waals surface area contributed by atoms with Crippen molar-refractivity contribution < 1.29 is 0 Å². The molecule has 2 heteroatoms. The molecular weight excluding hydrogens is 124 g/mol. The van der Waals surface area contributed by atoms with E-state index in [0.29, 0.717) is 5.92 Å². The lowest BCUT2D eigenvalue weighted by Crippen LogP contribution is -2.12. The maximum Gasteiger partial charge on any atom is 0.0273 e. The summed E-state index contributed by atoms with van der Waals surface area (Å²) in [6, 6.07) is 0. The van der Waals surface area contributed by atoms with Crippen LogP contribution >= 0.6 is 0 Å². The smallest absolute Gasteiger partial charge is 0.0273 e. The van der Waals surface area contributed by atoms with Gasteiger partial charge in [-0.15, -0.1) is 0 Å². The SMILES string of the molecule is C=CN1CCC(C=NC)C1. The Balaban J connectivity index is 2.35. The Labute approximate surface area is 62.3 Å². The molecule has 0 aromatic carbocycles. The number of nitrogens with zero attached hydrogens (tertiary/aromatic N) is 2. The van der Waals surface area contributed by atoms with E-state index in [-0.39, 0.29) is 0 Å². The number of likely N-dealkylation sites (tertiary alicyclic amines) is 1. The predicted molar refractivity (Wildman–Crippen MR) is 44.3 cm³/mol. The minimum atomic E-state index is 0.656. The average molecular weight is 138 g/mol. The van der Waals surface area contributed by atoms with Crippen LogP contribution in [0.15, 0.2) is 17.8 Å². The van der Waals surface area contributed by atoms with E-state index in [2.05, 4.69) is 16.5 Å². The second-order valence-electron chi connectivity index (χ2n) is 2.63. The highest BCUT2D eigenvalue weighted by atomic mass is 15.1. The number of hydrogen-bond acceptors (Lipinski definition) is 2.